The molecule has 0 bridgehead atoms. The van der Waals surface area contributed by atoms with Crippen molar-refractivity contribution in [3.8, 4) is 0 Å². The van der Waals surface area contributed by atoms with Crippen molar-refractivity contribution in [2.75, 3.05) is 6.26 Å². The van der Waals surface area contributed by atoms with Gasteiger partial charge in [-0.3, -0.25) is 9.31 Å². The van der Waals surface area contributed by atoms with Gasteiger partial charge in [0.25, 0.3) is 0 Å². The Labute approximate surface area is 151 Å². The number of rotatable bonds is 8. The first-order chi connectivity index (χ1) is 12.1. The molecule has 0 fully saturated rings. The highest BCUT2D eigenvalue weighted by molar-refractivity contribution is 7.83. The average Bonchev–Trinajstić information content (AvgIpc) is 3.02. The van der Waals surface area contributed by atoms with Gasteiger partial charge in [-0.05, 0) is 37.0 Å². The van der Waals surface area contributed by atoms with Crippen LogP contribution in [0.3, 0.4) is 0 Å². The highest BCUT2D eigenvalue weighted by atomic mass is 32.2. The molecule has 0 saturated carbocycles. The van der Waals surface area contributed by atoms with Crippen molar-refractivity contribution in [1.29, 1.82) is 0 Å². The fourth-order valence-electron chi connectivity index (χ4n) is 2.95. The largest absolute Gasteiger partial charge is 0.310 e. The number of para-hydroxylation sites is 1. The lowest BCUT2D eigenvalue weighted by atomic mass is 10.1. The lowest BCUT2D eigenvalue weighted by Crippen LogP contribution is -2.26. The fraction of sp³-hybridized carbons (Fsp3) is 0.350. The molecule has 0 aliphatic heterocycles. The van der Waals surface area contributed by atoms with Gasteiger partial charge in [0.15, 0.2) is 0 Å². The third kappa shape index (κ3) is 5.00. The van der Waals surface area contributed by atoms with E-state index in [1.165, 1.54) is 16.6 Å². The highest BCUT2D eigenvalue weighted by Crippen LogP contribution is 2.17. The molecule has 0 radical (unpaired) electrons. The van der Waals surface area contributed by atoms with Crippen molar-refractivity contribution < 1.29 is 4.21 Å². The van der Waals surface area contributed by atoms with Gasteiger partial charge in [-0.25, -0.2) is 0 Å². The molecule has 25 heavy (non-hydrogen) atoms. The Morgan fingerprint density at radius 1 is 1.12 bits per heavy atom. The maximum Gasteiger partial charge on any atom is 0.0923 e. The maximum absolute atomic E-state index is 11.3. The predicted molar refractivity (Wildman–Crippen MR) is 105 cm³/mol. The number of hydrogen-bond donors (Lipinski definition) is 2. The summed E-state index contributed by atoms with van der Waals surface area (Å²) >= 11 is 0. The number of nitrogens with one attached hydrogen (secondary N) is 2. The summed E-state index contributed by atoms with van der Waals surface area (Å²) in [7, 11) is -0.786. The molecule has 0 aliphatic carbocycles. The third-order valence-corrected chi connectivity index (χ3v) is 5.16. The Balaban J connectivity index is 1.48. The molecular formula is C20H25N3OS. The van der Waals surface area contributed by atoms with Gasteiger partial charge in [-0.1, -0.05) is 42.5 Å². The lowest BCUT2D eigenvalue weighted by Gasteiger charge is -2.13. The minimum absolute atomic E-state index is 0.421. The van der Waals surface area contributed by atoms with Gasteiger partial charge in [-0.15, -0.1) is 0 Å². The highest BCUT2D eigenvalue weighted by Gasteiger charge is 2.07. The summed E-state index contributed by atoms with van der Waals surface area (Å²) in [5.74, 6) is 0.627. The SMILES string of the molecule is CC(CCc1[nH]nc2ccccc12)NCc1ccc(CS(C)=O)cc1. The van der Waals surface area contributed by atoms with Crippen LogP contribution in [-0.2, 0) is 29.5 Å². The van der Waals surface area contributed by atoms with E-state index < -0.39 is 10.8 Å². The van der Waals surface area contributed by atoms with E-state index in [4.69, 9.17) is 0 Å². The maximum atomic E-state index is 11.3. The van der Waals surface area contributed by atoms with Gasteiger partial charge in [0.2, 0.25) is 0 Å². The monoisotopic (exact) mass is 355 g/mol. The number of hydrogen-bond acceptors (Lipinski definition) is 3. The molecule has 2 N–H and O–H groups in total. The van der Waals surface area contributed by atoms with E-state index in [2.05, 4.69) is 58.8 Å². The summed E-state index contributed by atoms with van der Waals surface area (Å²) in [6, 6.07) is 17.0. The molecule has 1 heterocycles. The zero-order valence-corrected chi connectivity index (χ0v) is 15.6. The molecule has 132 valence electrons. The number of fused-ring (bicyclic) bond motifs is 1. The average molecular weight is 356 g/mol. The van der Waals surface area contributed by atoms with Crippen molar-refractivity contribution in [3.63, 3.8) is 0 Å². The molecule has 2 aromatic carbocycles. The van der Waals surface area contributed by atoms with E-state index in [-0.39, 0.29) is 0 Å². The Hall–Kier alpha value is -1.98. The molecule has 3 rings (SSSR count). The molecule has 0 spiro atoms. The van der Waals surface area contributed by atoms with Crippen LogP contribution in [0.25, 0.3) is 10.9 Å². The van der Waals surface area contributed by atoms with Crippen molar-refractivity contribution in [1.82, 2.24) is 15.5 Å². The molecule has 2 atom stereocenters. The summed E-state index contributed by atoms with van der Waals surface area (Å²) in [5, 5.41) is 12.3. The standard InChI is InChI=1S/C20H25N3OS/c1-15(7-12-20-18-5-3-4-6-19(18)22-23-20)21-13-16-8-10-17(11-9-16)14-25(2)24/h3-6,8-11,15,21H,7,12-14H2,1-2H3,(H,22,23). The van der Waals surface area contributed by atoms with Crippen LogP contribution >= 0.6 is 0 Å². The molecule has 0 amide bonds. The second-order valence-electron chi connectivity index (χ2n) is 6.57. The van der Waals surface area contributed by atoms with Crippen molar-refractivity contribution >= 4 is 21.7 Å². The number of aromatic nitrogens is 2. The molecule has 0 saturated heterocycles. The smallest absolute Gasteiger partial charge is 0.0923 e. The number of aromatic amines is 1. The normalized spacial score (nSPS) is 13.8. The zero-order valence-electron chi connectivity index (χ0n) is 14.8. The summed E-state index contributed by atoms with van der Waals surface area (Å²) in [4.78, 5) is 0. The van der Waals surface area contributed by atoms with E-state index in [0.717, 1.165) is 30.5 Å². The van der Waals surface area contributed by atoms with Crippen LogP contribution < -0.4 is 5.32 Å². The van der Waals surface area contributed by atoms with Crippen molar-refractivity contribution in [2.45, 2.75) is 38.1 Å². The van der Waals surface area contributed by atoms with Crippen LogP contribution in [0.4, 0.5) is 0 Å². The van der Waals surface area contributed by atoms with Gasteiger partial charge < -0.3 is 5.32 Å². The topological polar surface area (TPSA) is 57.8 Å². The van der Waals surface area contributed by atoms with Gasteiger partial charge in [-0.2, -0.15) is 5.10 Å². The zero-order chi connectivity index (χ0) is 17.6. The summed E-state index contributed by atoms with van der Waals surface area (Å²) < 4.78 is 11.3. The Bertz CT molecular complexity index is 842. The molecule has 4 nitrogen and oxygen atoms in total. The quantitative estimate of drug-likeness (QED) is 0.650. The molecule has 1 aromatic heterocycles. The second-order valence-corrected chi connectivity index (χ2v) is 8.01. The van der Waals surface area contributed by atoms with E-state index in [0.29, 0.717) is 11.8 Å². The minimum Gasteiger partial charge on any atom is -0.310 e. The number of aryl methyl sites for hydroxylation is 1. The van der Waals surface area contributed by atoms with Gasteiger partial charge in [0.1, 0.15) is 0 Å². The van der Waals surface area contributed by atoms with Crippen LogP contribution in [-0.4, -0.2) is 26.7 Å². The van der Waals surface area contributed by atoms with Crippen LogP contribution in [0.15, 0.2) is 48.5 Å². The van der Waals surface area contributed by atoms with E-state index >= 15 is 0 Å². The molecule has 2 unspecified atom stereocenters. The number of benzene rings is 2. The van der Waals surface area contributed by atoms with E-state index in [1.807, 2.05) is 12.1 Å². The Morgan fingerprint density at radius 3 is 2.60 bits per heavy atom. The molecular weight excluding hydrogens is 330 g/mol. The number of H-pyrrole nitrogens is 1. The Morgan fingerprint density at radius 2 is 1.84 bits per heavy atom. The third-order valence-electron chi connectivity index (χ3n) is 4.42. The molecule has 5 heteroatoms. The first-order valence-electron chi connectivity index (χ1n) is 8.65. The van der Waals surface area contributed by atoms with Crippen LogP contribution in [0.5, 0.6) is 0 Å². The van der Waals surface area contributed by atoms with Crippen molar-refractivity contribution in [2.24, 2.45) is 0 Å². The van der Waals surface area contributed by atoms with Crippen LogP contribution in [0.1, 0.15) is 30.2 Å². The first kappa shape index (κ1) is 17.8. The molecule has 0 aliphatic rings. The van der Waals surface area contributed by atoms with Crippen molar-refractivity contribution in [3.05, 3.63) is 65.4 Å². The minimum atomic E-state index is -0.786. The Kier molecular flexibility index (Phi) is 6.00. The van der Waals surface area contributed by atoms with Crippen LogP contribution in [0.2, 0.25) is 0 Å². The molecule has 3 aromatic rings. The van der Waals surface area contributed by atoms with Crippen LogP contribution in [0, 0.1) is 0 Å². The number of nitrogens with zero attached hydrogens (tertiary/aromatic N) is 1. The summed E-state index contributed by atoms with van der Waals surface area (Å²) in [5.41, 5.74) is 4.63. The summed E-state index contributed by atoms with van der Waals surface area (Å²) in [6.45, 7) is 3.06. The second kappa shape index (κ2) is 8.41. The van der Waals surface area contributed by atoms with E-state index in [1.54, 1.807) is 6.26 Å². The first-order valence-corrected chi connectivity index (χ1v) is 10.4. The fourth-order valence-corrected chi connectivity index (χ4v) is 3.61. The lowest BCUT2D eigenvalue weighted by molar-refractivity contribution is 0.512. The van der Waals surface area contributed by atoms with E-state index in [9.17, 15) is 4.21 Å². The van der Waals surface area contributed by atoms with Gasteiger partial charge in [0.05, 0.1) is 5.52 Å². The van der Waals surface area contributed by atoms with Gasteiger partial charge >= 0.3 is 0 Å². The van der Waals surface area contributed by atoms with Gasteiger partial charge in [0, 0.05) is 46.5 Å². The summed E-state index contributed by atoms with van der Waals surface area (Å²) in [6.07, 6.45) is 3.77. The predicted octanol–water partition coefficient (Wildman–Crippen LogP) is 3.55.